The number of benzene rings is 2. The van der Waals surface area contributed by atoms with Crippen molar-refractivity contribution in [2.75, 3.05) is 6.54 Å². The third kappa shape index (κ3) is 4.84. The number of nitrogens with one attached hydrogen (secondary N) is 1. The number of nitrogens with zero attached hydrogens (tertiary/aromatic N) is 4. The van der Waals surface area contributed by atoms with Crippen LogP contribution in [0.5, 0.6) is 0 Å². The van der Waals surface area contributed by atoms with E-state index in [1.165, 1.54) is 24.7 Å². The Hall–Kier alpha value is -2.31. The maximum absolute atomic E-state index is 10.6. The average Bonchev–Trinajstić information content (AvgIpc) is 2.62. The van der Waals surface area contributed by atoms with Gasteiger partial charge in [-0.2, -0.15) is 0 Å². The van der Waals surface area contributed by atoms with E-state index >= 15 is 0 Å². The fourth-order valence-electron chi connectivity index (χ4n) is 2.24. The van der Waals surface area contributed by atoms with Crippen molar-refractivity contribution in [1.82, 2.24) is 25.7 Å². The molecule has 0 aliphatic rings. The molecule has 0 aliphatic heterocycles. The Morgan fingerprint density at radius 1 is 0.960 bits per heavy atom. The predicted molar refractivity (Wildman–Crippen MR) is 87.5 cm³/mol. The van der Waals surface area contributed by atoms with Crippen molar-refractivity contribution in [2.45, 2.75) is 6.54 Å². The van der Waals surface area contributed by atoms with Gasteiger partial charge < -0.3 is 0 Å². The molecule has 0 aliphatic carbocycles. The van der Waals surface area contributed by atoms with Crippen molar-refractivity contribution >= 4 is 9.24 Å². The Balaban J connectivity index is 1.81. The second-order valence-electron chi connectivity index (χ2n) is 5.26. The van der Waals surface area contributed by atoms with Crippen LogP contribution in [0.1, 0.15) is 5.56 Å². The SMILES string of the molecule is O=C(O)CNCc1cc([211At])cc(-c2nnc(-c3ccccc3)nn2)c1. The van der Waals surface area contributed by atoms with Crippen LogP contribution in [0.3, 0.4) is 0 Å². The number of hydrogen-bond acceptors (Lipinski definition) is 6. The molecule has 1 aromatic heterocycles. The first-order chi connectivity index (χ1) is 12.1. The molecule has 1 heterocycles. The van der Waals surface area contributed by atoms with E-state index in [1.807, 2.05) is 48.5 Å². The molecule has 0 saturated carbocycles. The second-order valence-corrected chi connectivity index (χ2v) is 6.96. The number of carbonyl (C=O) groups is 1. The molecule has 0 bridgehead atoms. The summed E-state index contributed by atoms with van der Waals surface area (Å²) in [6.45, 7) is 0.373. The van der Waals surface area contributed by atoms with Gasteiger partial charge in [0, 0.05) is 0 Å². The summed E-state index contributed by atoms with van der Waals surface area (Å²) >= 11 is 1.52. The molecule has 126 valence electrons. The predicted octanol–water partition coefficient (Wildman–Crippen LogP) is 0.949. The van der Waals surface area contributed by atoms with Crippen LogP contribution in [-0.2, 0) is 11.3 Å². The number of aromatic nitrogens is 4. The van der Waals surface area contributed by atoms with Gasteiger partial charge in [-0.25, -0.2) is 0 Å². The molecule has 7 nitrogen and oxygen atoms in total. The van der Waals surface area contributed by atoms with Crippen molar-refractivity contribution < 1.29 is 34.6 Å². The van der Waals surface area contributed by atoms with Gasteiger partial charge in [-0.05, 0) is 0 Å². The van der Waals surface area contributed by atoms with E-state index in [1.54, 1.807) is 0 Å². The second kappa shape index (κ2) is 8.18. The van der Waals surface area contributed by atoms with Gasteiger partial charge in [0.15, 0.2) is 0 Å². The summed E-state index contributed by atoms with van der Waals surface area (Å²) in [6.07, 6.45) is 0. The Labute approximate surface area is 159 Å². The van der Waals surface area contributed by atoms with Crippen LogP contribution in [-0.4, -0.2) is 38.0 Å². The number of rotatable bonds is 6. The molecule has 3 aromatic rings. The molecule has 0 radical (unpaired) electrons. The van der Waals surface area contributed by atoms with Crippen molar-refractivity contribution in [1.29, 1.82) is 0 Å². The third-order valence-electron chi connectivity index (χ3n) is 3.33. The van der Waals surface area contributed by atoms with Gasteiger partial charge in [0.2, 0.25) is 0 Å². The van der Waals surface area contributed by atoms with E-state index < -0.39 is 5.97 Å². The molecule has 3 rings (SSSR count). The molecule has 0 unspecified atom stereocenters. The number of hydrogen-bond donors (Lipinski definition) is 2. The first-order valence-electron chi connectivity index (χ1n) is 7.47. The minimum atomic E-state index is -0.884. The van der Waals surface area contributed by atoms with Crippen LogP contribution in [0.15, 0.2) is 48.5 Å². The zero-order chi connectivity index (χ0) is 17.6. The van der Waals surface area contributed by atoms with E-state index in [4.69, 9.17) is 5.11 Å². The quantitative estimate of drug-likeness (QED) is 0.489. The summed E-state index contributed by atoms with van der Waals surface area (Å²) < 4.78 is 1.08. The van der Waals surface area contributed by atoms with E-state index in [2.05, 4.69) is 25.7 Å². The molecule has 0 fully saturated rings. The Morgan fingerprint density at radius 2 is 1.60 bits per heavy atom. The zero-order valence-corrected chi connectivity index (χ0v) is 16.0. The van der Waals surface area contributed by atoms with Gasteiger partial charge in [-0.1, -0.05) is 0 Å². The summed E-state index contributed by atoms with van der Waals surface area (Å²) in [5, 5.41) is 28.3. The topological polar surface area (TPSA) is 101 Å². The normalized spacial score (nSPS) is 10.6. The molecule has 8 heteroatoms. The van der Waals surface area contributed by atoms with Gasteiger partial charge in [0.05, 0.1) is 0 Å². The van der Waals surface area contributed by atoms with Crippen LogP contribution >= 0.6 is 0 Å². The van der Waals surface area contributed by atoms with E-state index in [0.29, 0.717) is 18.2 Å². The number of aliphatic carboxylic acids is 1. The molecule has 0 amide bonds. The van der Waals surface area contributed by atoms with Gasteiger partial charge in [-0.15, -0.1) is 0 Å². The van der Waals surface area contributed by atoms with Crippen molar-refractivity contribution in [3.8, 4) is 22.8 Å². The van der Waals surface area contributed by atoms with Crippen LogP contribution in [0.2, 0.25) is 0 Å². The van der Waals surface area contributed by atoms with Crippen LogP contribution in [0.25, 0.3) is 22.8 Å². The molecule has 0 atom stereocenters. The summed E-state index contributed by atoms with van der Waals surface area (Å²) in [5.74, 6) is 0.0337. The summed E-state index contributed by atoms with van der Waals surface area (Å²) in [5.41, 5.74) is 2.64. The Kier molecular flexibility index (Phi) is 5.73. The summed E-state index contributed by atoms with van der Waals surface area (Å²) in [4.78, 5) is 10.6. The fraction of sp³-hybridized carbons (Fsp3) is 0.118. The van der Waals surface area contributed by atoms with Crippen LogP contribution in [0, 0.1) is 24.7 Å². The van der Waals surface area contributed by atoms with Crippen LogP contribution in [0.4, 0.5) is 0 Å². The van der Waals surface area contributed by atoms with Crippen molar-refractivity contribution in [2.24, 2.45) is 0 Å². The molecule has 0 spiro atoms. The third-order valence-corrected chi connectivity index (χ3v) is 4.18. The molecule has 2 N–H and O–H groups in total. The van der Waals surface area contributed by atoms with Gasteiger partial charge in [0.1, 0.15) is 0 Å². The van der Waals surface area contributed by atoms with Gasteiger partial charge in [0.25, 0.3) is 0 Å². The monoisotopic (exact) mass is 531 g/mol. The molecule has 0 saturated heterocycles. The Morgan fingerprint density at radius 3 is 2.24 bits per heavy atom. The average molecular weight is 531 g/mol. The molecule has 25 heavy (non-hydrogen) atoms. The standard InChI is InChI=1S/C17H14AtN5O2/c18-14-7-11(9-19-10-15(24)25)6-13(8-14)17-22-20-16(21-23-17)12-4-2-1-3-5-12/h1-8,19H,9-10H2,(H,24,25)/i18+1. The zero-order valence-electron chi connectivity index (χ0n) is 13.1. The number of carboxylic acids is 1. The van der Waals surface area contributed by atoms with Gasteiger partial charge >= 0.3 is 160 Å². The first kappa shape index (κ1) is 17.5. The molecule has 2 aromatic carbocycles. The van der Waals surface area contributed by atoms with Gasteiger partial charge in [-0.3, -0.25) is 0 Å². The Bertz CT molecular complexity index is 872. The maximum atomic E-state index is 10.6. The fourth-order valence-corrected chi connectivity index (χ4v) is 3.24. The van der Waals surface area contributed by atoms with Crippen molar-refractivity contribution in [3.05, 3.63) is 54.1 Å². The van der Waals surface area contributed by atoms with E-state index in [0.717, 1.165) is 20.0 Å². The minimum absolute atomic E-state index is 0.0841. The molecular weight excluding hydrogens is 517 g/mol. The van der Waals surface area contributed by atoms with E-state index in [-0.39, 0.29) is 6.54 Å². The summed E-state index contributed by atoms with van der Waals surface area (Å²) in [6, 6.07) is 15.4. The molecular formula is C17H14AtN5O2. The summed E-state index contributed by atoms with van der Waals surface area (Å²) in [7, 11) is 0. The number of carboxylic acid groups (broad SMARTS) is 1. The first-order valence-corrected chi connectivity index (χ1v) is 8.94. The van der Waals surface area contributed by atoms with E-state index in [9.17, 15) is 4.79 Å². The van der Waals surface area contributed by atoms with Crippen molar-refractivity contribution in [3.63, 3.8) is 0 Å². The van der Waals surface area contributed by atoms with Crippen LogP contribution < -0.4 is 8.59 Å².